The third-order valence-electron chi connectivity index (χ3n) is 4.69. The molecule has 3 unspecified atom stereocenters. The number of aryl methyl sites for hydroxylation is 1. The molecule has 1 aromatic carbocycles. The second-order valence-corrected chi connectivity index (χ2v) is 6.84. The van der Waals surface area contributed by atoms with Crippen molar-refractivity contribution in [3.05, 3.63) is 29.3 Å². The molecule has 3 atom stereocenters. The van der Waals surface area contributed by atoms with Crippen molar-refractivity contribution in [3.63, 3.8) is 0 Å². The van der Waals surface area contributed by atoms with Crippen molar-refractivity contribution in [1.82, 2.24) is 0 Å². The van der Waals surface area contributed by atoms with Crippen LogP contribution in [-0.2, 0) is 4.74 Å². The van der Waals surface area contributed by atoms with Crippen molar-refractivity contribution in [3.8, 4) is 0 Å². The normalized spacial score (nSPS) is 25.9. The minimum atomic E-state index is -0.211. The predicted molar refractivity (Wildman–Crippen MR) is 86.1 cm³/mol. The lowest BCUT2D eigenvalue weighted by molar-refractivity contribution is -0.0174. The van der Waals surface area contributed by atoms with Crippen LogP contribution in [0.2, 0.25) is 0 Å². The largest absolute Gasteiger partial charge is 0.458 e. The van der Waals surface area contributed by atoms with Crippen LogP contribution in [-0.4, -0.2) is 12.1 Å². The molecule has 2 rings (SSSR count). The lowest BCUT2D eigenvalue weighted by atomic mass is 9.75. The summed E-state index contributed by atoms with van der Waals surface area (Å²) in [6, 6.07) is 5.34. The van der Waals surface area contributed by atoms with Gasteiger partial charge >= 0.3 is 5.97 Å². The van der Waals surface area contributed by atoms with E-state index in [0.717, 1.165) is 18.4 Å². The fraction of sp³-hybridized carbons (Fsp3) is 0.611. The number of hydrogen-bond donors (Lipinski definition) is 1. The van der Waals surface area contributed by atoms with E-state index in [1.807, 2.05) is 13.0 Å². The molecule has 0 bridgehead atoms. The SMILES string of the molecule is Cc1cc(N)ccc1C(=O)OC1CC(C)CCC1C(C)C. The van der Waals surface area contributed by atoms with E-state index in [0.29, 0.717) is 29.0 Å². The van der Waals surface area contributed by atoms with E-state index >= 15 is 0 Å². The molecule has 1 saturated carbocycles. The lowest BCUT2D eigenvalue weighted by Gasteiger charge is -2.36. The summed E-state index contributed by atoms with van der Waals surface area (Å²) in [4.78, 5) is 12.5. The summed E-state index contributed by atoms with van der Waals surface area (Å²) in [5, 5.41) is 0. The van der Waals surface area contributed by atoms with Gasteiger partial charge in [0, 0.05) is 5.69 Å². The zero-order chi connectivity index (χ0) is 15.6. The lowest BCUT2D eigenvalue weighted by Crippen LogP contribution is -2.36. The van der Waals surface area contributed by atoms with Crippen molar-refractivity contribution in [2.45, 2.75) is 53.1 Å². The predicted octanol–water partition coefficient (Wildman–Crippen LogP) is 4.19. The topological polar surface area (TPSA) is 52.3 Å². The molecule has 1 fully saturated rings. The van der Waals surface area contributed by atoms with Gasteiger partial charge in [-0.15, -0.1) is 0 Å². The molecule has 3 nitrogen and oxygen atoms in total. The maximum Gasteiger partial charge on any atom is 0.338 e. The van der Waals surface area contributed by atoms with Crippen LogP contribution in [0.3, 0.4) is 0 Å². The van der Waals surface area contributed by atoms with Crippen molar-refractivity contribution < 1.29 is 9.53 Å². The van der Waals surface area contributed by atoms with E-state index < -0.39 is 0 Å². The first-order valence-electron chi connectivity index (χ1n) is 7.95. The molecule has 0 spiro atoms. The third-order valence-corrected chi connectivity index (χ3v) is 4.69. The summed E-state index contributed by atoms with van der Waals surface area (Å²) in [5.41, 5.74) is 7.93. The fourth-order valence-corrected chi connectivity index (χ4v) is 3.37. The number of hydrogen-bond acceptors (Lipinski definition) is 3. The van der Waals surface area contributed by atoms with Gasteiger partial charge in [-0.2, -0.15) is 0 Å². The van der Waals surface area contributed by atoms with Crippen molar-refractivity contribution >= 4 is 11.7 Å². The van der Waals surface area contributed by atoms with Crippen LogP contribution in [0.15, 0.2) is 18.2 Å². The van der Waals surface area contributed by atoms with Crippen LogP contribution >= 0.6 is 0 Å². The number of nitrogens with two attached hydrogens (primary N) is 1. The highest BCUT2D eigenvalue weighted by Gasteiger charge is 2.33. The van der Waals surface area contributed by atoms with Gasteiger partial charge in [0.25, 0.3) is 0 Å². The molecule has 0 radical (unpaired) electrons. The number of anilines is 1. The number of carbonyl (C=O) groups is 1. The van der Waals surface area contributed by atoms with Crippen LogP contribution in [0.1, 0.15) is 56.0 Å². The number of esters is 1. The van der Waals surface area contributed by atoms with Gasteiger partial charge in [0.15, 0.2) is 0 Å². The Kier molecular flexibility index (Phi) is 4.92. The Labute approximate surface area is 127 Å². The van der Waals surface area contributed by atoms with Gasteiger partial charge in [-0.3, -0.25) is 0 Å². The smallest absolute Gasteiger partial charge is 0.338 e. The van der Waals surface area contributed by atoms with Gasteiger partial charge in [-0.05, 0) is 61.3 Å². The molecule has 0 heterocycles. The van der Waals surface area contributed by atoms with E-state index in [-0.39, 0.29) is 12.1 Å². The zero-order valence-corrected chi connectivity index (χ0v) is 13.6. The van der Waals surface area contributed by atoms with Crippen LogP contribution < -0.4 is 5.73 Å². The molecule has 3 heteroatoms. The Morgan fingerprint density at radius 1 is 1.33 bits per heavy atom. The Bertz CT molecular complexity index is 510. The Morgan fingerprint density at radius 2 is 2.05 bits per heavy atom. The van der Waals surface area contributed by atoms with Gasteiger partial charge in [-0.25, -0.2) is 4.79 Å². The van der Waals surface area contributed by atoms with Gasteiger partial charge in [0.2, 0.25) is 0 Å². The second-order valence-electron chi connectivity index (χ2n) is 6.84. The van der Waals surface area contributed by atoms with E-state index in [9.17, 15) is 4.79 Å². The third kappa shape index (κ3) is 3.78. The van der Waals surface area contributed by atoms with E-state index in [2.05, 4.69) is 20.8 Å². The van der Waals surface area contributed by atoms with E-state index in [1.54, 1.807) is 12.1 Å². The highest BCUT2D eigenvalue weighted by atomic mass is 16.5. The van der Waals surface area contributed by atoms with Gasteiger partial charge in [-0.1, -0.05) is 27.2 Å². The highest BCUT2D eigenvalue weighted by Crippen LogP contribution is 2.35. The molecule has 0 amide bonds. The second kappa shape index (κ2) is 6.50. The molecule has 21 heavy (non-hydrogen) atoms. The van der Waals surface area contributed by atoms with Crippen LogP contribution in [0.25, 0.3) is 0 Å². The van der Waals surface area contributed by atoms with Gasteiger partial charge in [0.1, 0.15) is 6.10 Å². The van der Waals surface area contributed by atoms with Crippen molar-refractivity contribution in [1.29, 1.82) is 0 Å². The zero-order valence-electron chi connectivity index (χ0n) is 13.6. The maximum atomic E-state index is 12.5. The molecule has 1 aliphatic carbocycles. The highest BCUT2D eigenvalue weighted by molar-refractivity contribution is 5.91. The molecular formula is C18H27NO2. The molecule has 2 N–H and O–H groups in total. The standard InChI is InChI=1S/C18H27NO2/c1-11(2)15-7-5-12(3)9-17(15)21-18(20)16-8-6-14(19)10-13(16)4/h6,8,10-12,15,17H,5,7,9,19H2,1-4H3. The van der Waals surface area contributed by atoms with Crippen LogP contribution in [0, 0.1) is 24.7 Å². The molecule has 0 aliphatic heterocycles. The molecule has 1 aromatic rings. The Balaban J connectivity index is 2.12. The summed E-state index contributed by atoms with van der Waals surface area (Å²) in [7, 11) is 0. The first kappa shape index (κ1) is 15.9. The number of carbonyl (C=O) groups excluding carboxylic acids is 1. The minimum Gasteiger partial charge on any atom is -0.458 e. The Morgan fingerprint density at radius 3 is 2.67 bits per heavy atom. The van der Waals surface area contributed by atoms with Crippen molar-refractivity contribution in [2.75, 3.05) is 5.73 Å². The summed E-state index contributed by atoms with van der Waals surface area (Å²) in [6.45, 7) is 8.58. The quantitative estimate of drug-likeness (QED) is 0.670. The first-order chi connectivity index (χ1) is 9.88. The summed E-state index contributed by atoms with van der Waals surface area (Å²) in [6.07, 6.45) is 3.40. The van der Waals surface area contributed by atoms with Gasteiger partial charge < -0.3 is 10.5 Å². The monoisotopic (exact) mass is 289 g/mol. The molecular weight excluding hydrogens is 262 g/mol. The molecule has 1 aliphatic rings. The van der Waals surface area contributed by atoms with E-state index in [1.165, 1.54) is 6.42 Å². The van der Waals surface area contributed by atoms with E-state index in [4.69, 9.17) is 10.5 Å². The molecule has 116 valence electrons. The number of rotatable bonds is 3. The summed E-state index contributed by atoms with van der Waals surface area (Å²) < 4.78 is 5.86. The maximum absolute atomic E-state index is 12.5. The summed E-state index contributed by atoms with van der Waals surface area (Å²) in [5.74, 6) is 1.43. The molecule has 0 saturated heterocycles. The number of nitrogen functional groups attached to an aromatic ring is 1. The number of benzene rings is 1. The molecule has 0 aromatic heterocycles. The first-order valence-corrected chi connectivity index (χ1v) is 7.95. The average Bonchev–Trinajstić information content (AvgIpc) is 2.37. The number of ether oxygens (including phenoxy) is 1. The van der Waals surface area contributed by atoms with Crippen molar-refractivity contribution in [2.24, 2.45) is 17.8 Å². The van der Waals surface area contributed by atoms with Crippen LogP contribution in [0.4, 0.5) is 5.69 Å². The average molecular weight is 289 g/mol. The van der Waals surface area contributed by atoms with Crippen LogP contribution in [0.5, 0.6) is 0 Å². The minimum absolute atomic E-state index is 0.0400. The summed E-state index contributed by atoms with van der Waals surface area (Å²) >= 11 is 0. The fourth-order valence-electron chi connectivity index (χ4n) is 3.37. The van der Waals surface area contributed by atoms with Gasteiger partial charge in [0.05, 0.1) is 5.56 Å². The Hall–Kier alpha value is -1.51.